The van der Waals surface area contributed by atoms with E-state index >= 15 is 0 Å². The van der Waals surface area contributed by atoms with E-state index in [0.29, 0.717) is 0 Å². The van der Waals surface area contributed by atoms with Crippen molar-refractivity contribution in [2.75, 3.05) is 12.5 Å². The molecule has 2 aromatic rings. The van der Waals surface area contributed by atoms with E-state index < -0.39 is 0 Å². The molecule has 0 heterocycles. The van der Waals surface area contributed by atoms with Crippen LogP contribution in [0.15, 0.2) is 58.3 Å². The first-order valence-electron chi connectivity index (χ1n) is 6.15. The summed E-state index contributed by atoms with van der Waals surface area (Å²) >= 11 is 5.55. The van der Waals surface area contributed by atoms with Crippen molar-refractivity contribution >= 4 is 35.3 Å². The van der Waals surface area contributed by atoms with Gasteiger partial charge in [-0.1, -0.05) is 36.0 Å². The zero-order chi connectivity index (χ0) is 13.5. The second-order valence-electron chi connectivity index (χ2n) is 4.26. The molecule has 0 aliphatic rings. The summed E-state index contributed by atoms with van der Waals surface area (Å²) in [6.07, 6.45) is 4.28. The summed E-state index contributed by atoms with van der Waals surface area (Å²) in [5, 5.41) is 0. The first kappa shape index (κ1) is 14.9. The molecule has 2 aromatic carbocycles. The smallest absolute Gasteiger partial charge is 0.0181 e. The quantitative estimate of drug-likeness (QED) is 0.685. The Balaban J connectivity index is 1.99. The Morgan fingerprint density at radius 2 is 1.00 bits per heavy atom. The van der Waals surface area contributed by atoms with Crippen molar-refractivity contribution < 1.29 is 0 Å². The van der Waals surface area contributed by atoms with Gasteiger partial charge in [0.25, 0.3) is 0 Å². The molecular formula is C16H18S3. The summed E-state index contributed by atoms with van der Waals surface area (Å²) in [6, 6.07) is 17.7. The molecule has 0 saturated heterocycles. The molecule has 0 amide bonds. The van der Waals surface area contributed by atoms with Crippen molar-refractivity contribution in [2.45, 2.75) is 21.3 Å². The van der Waals surface area contributed by atoms with E-state index in [1.54, 1.807) is 0 Å². The van der Waals surface area contributed by atoms with Crippen LogP contribution in [0.4, 0.5) is 0 Å². The van der Waals surface area contributed by atoms with Crippen LogP contribution < -0.4 is 0 Å². The maximum absolute atomic E-state index is 2.22. The summed E-state index contributed by atoms with van der Waals surface area (Å²) in [4.78, 5) is 2.62. The molecule has 3 heteroatoms. The lowest BCUT2D eigenvalue weighted by Crippen LogP contribution is -1.81. The first-order valence-corrected chi connectivity index (χ1v) is 9.76. The minimum absolute atomic E-state index is 1.09. The Bertz CT molecular complexity index is 441. The van der Waals surface area contributed by atoms with Crippen molar-refractivity contribution in [3.63, 3.8) is 0 Å². The summed E-state index contributed by atoms with van der Waals surface area (Å²) in [6.45, 7) is 0. The summed E-state index contributed by atoms with van der Waals surface area (Å²) in [7, 11) is 0. The van der Waals surface area contributed by atoms with Gasteiger partial charge in [-0.25, -0.2) is 0 Å². The van der Waals surface area contributed by atoms with Crippen LogP contribution in [-0.2, 0) is 11.5 Å². The average molecular weight is 307 g/mol. The highest BCUT2D eigenvalue weighted by atomic mass is 32.2. The predicted molar refractivity (Wildman–Crippen MR) is 91.4 cm³/mol. The number of hydrogen-bond acceptors (Lipinski definition) is 3. The molecule has 0 aliphatic heterocycles. The second kappa shape index (κ2) is 7.93. The van der Waals surface area contributed by atoms with Crippen molar-refractivity contribution in [2.24, 2.45) is 0 Å². The fraction of sp³-hybridized carbons (Fsp3) is 0.250. The maximum atomic E-state index is 2.22. The Morgan fingerprint density at radius 3 is 1.32 bits per heavy atom. The molecule has 0 nitrogen and oxygen atoms in total. The van der Waals surface area contributed by atoms with E-state index in [0.717, 1.165) is 11.5 Å². The van der Waals surface area contributed by atoms with Crippen LogP contribution in [0.3, 0.4) is 0 Å². The first-order chi connectivity index (χ1) is 9.31. The predicted octanol–water partition coefficient (Wildman–Crippen LogP) is 5.56. The van der Waals surface area contributed by atoms with Crippen LogP contribution in [0.5, 0.6) is 0 Å². The Hall–Kier alpha value is -0.510. The van der Waals surface area contributed by atoms with Crippen LogP contribution in [0.2, 0.25) is 0 Å². The zero-order valence-corrected chi connectivity index (χ0v) is 13.7. The third-order valence-electron chi connectivity index (χ3n) is 2.70. The lowest BCUT2D eigenvalue weighted by Gasteiger charge is -2.05. The van der Waals surface area contributed by atoms with Crippen LogP contribution in [-0.4, -0.2) is 12.5 Å². The second-order valence-corrected chi connectivity index (χ2v) is 7.13. The van der Waals surface area contributed by atoms with E-state index in [4.69, 9.17) is 0 Å². The van der Waals surface area contributed by atoms with E-state index in [-0.39, 0.29) is 0 Å². The van der Waals surface area contributed by atoms with Crippen molar-refractivity contribution in [3.8, 4) is 0 Å². The van der Waals surface area contributed by atoms with Crippen LogP contribution in [0.25, 0.3) is 0 Å². The Labute approximate surface area is 128 Å². The summed E-state index contributed by atoms with van der Waals surface area (Å²) < 4.78 is 0. The lowest BCUT2D eigenvalue weighted by molar-refractivity contribution is 1.32. The molecule has 0 unspecified atom stereocenters. The van der Waals surface area contributed by atoms with Crippen molar-refractivity contribution in [1.29, 1.82) is 0 Å². The fourth-order valence-electron chi connectivity index (χ4n) is 1.78. The molecule has 0 fully saturated rings. The molecule has 2 rings (SSSR count). The van der Waals surface area contributed by atoms with Gasteiger partial charge < -0.3 is 0 Å². The third-order valence-corrected chi connectivity index (χ3v) is 4.96. The number of rotatable bonds is 6. The fourth-order valence-corrected chi connectivity index (χ4v) is 3.64. The molecule has 19 heavy (non-hydrogen) atoms. The molecular weight excluding hydrogens is 288 g/mol. The van der Waals surface area contributed by atoms with Gasteiger partial charge in [-0.15, -0.1) is 0 Å². The topological polar surface area (TPSA) is 0 Å². The van der Waals surface area contributed by atoms with Gasteiger partial charge in [-0.05, 0) is 47.9 Å². The highest BCUT2D eigenvalue weighted by Gasteiger charge is 1.99. The Morgan fingerprint density at radius 1 is 0.632 bits per heavy atom. The lowest BCUT2D eigenvalue weighted by atomic mass is 10.2. The van der Waals surface area contributed by atoms with E-state index in [1.807, 2.05) is 35.3 Å². The minimum atomic E-state index is 1.09. The highest BCUT2D eigenvalue weighted by Crippen LogP contribution is 2.28. The van der Waals surface area contributed by atoms with Gasteiger partial charge in [0.1, 0.15) is 0 Å². The average Bonchev–Trinajstić information content (AvgIpc) is 2.44. The van der Waals surface area contributed by atoms with Crippen LogP contribution >= 0.6 is 35.3 Å². The summed E-state index contributed by atoms with van der Waals surface area (Å²) in [5.41, 5.74) is 2.79. The molecule has 0 saturated carbocycles. The molecule has 0 N–H and O–H groups in total. The van der Waals surface area contributed by atoms with Gasteiger partial charge in [-0.3, -0.25) is 0 Å². The molecule has 0 aromatic heterocycles. The number of hydrogen-bond donors (Lipinski definition) is 0. The van der Waals surface area contributed by atoms with Gasteiger partial charge >= 0.3 is 0 Å². The van der Waals surface area contributed by atoms with Crippen LogP contribution in [0.1, 0.15) is 11.1 Å². The molecule has 0 bridgehead atoms. The summed E-state index contributed by atoms with van der Waals surface area (Å²) in [5.74, 6) is 2.18. The minimum Gasteiger partial charge on any atom is -0.161 e. The van der Waals surface area contributed by atoms with Gasteiger partial charge in [0.2, 0.25) is 0 Å². The van der Waals surface area contributed by atoms with Crippen molar-refractivity contribution in [3.05, 3.63) is 59.7 Å². The standard InChI is InChI=1S/C16H18S3/c1-17-11-13-3-7-15(8-4-13)19-16-9-5-14(6-10-16)12-18-2/h3-10H,11-12H2,1-2H3. The van der Waals surface area contributed by atoms with E-state index in [9.17, 15) is 0 Å². The third kappa shape index (κ3) is 4.83. The highest BCUT2D eigenvalue weighted by molar-refractivity contribution is 7.99. The Kier molecular flexibility index (Phi) is 6.21. The van der Waals surface area contributed by atoms with Crippen LogP contribution in [0, 0.1) is 0 Å². The van der Waals surface area contributed by atoms with Gasteiger partial charge in [0.05, 0.1) is 0 Å². The monoisotopic (exact) mass is 306 g/mol. The molecule has 0 radical (unpaired) electrons. The molecule has 0 spiro atoms. The SMILES string of the molecule is CSCc1ccc(Sc2ccc(CSC)cc2)cc1. The normalized spacial score (nSPS) is 10.6. The van der Waals surface area contributed by atoms with E-state index in [1.165, 1.54) is 20.9 Å². The number of benzene rings is 2. The van der Waals surface area contributed by atoms with Gasteiger partial charge in [0, 0.05) is 21.3 Å². The zero-order valence-electron chi connectivity index (χ0n) is 11.3. The van der Waals surface area contributed by atoms with E-state index in [2.05, 4.69) is 61.0 Å². The molecule has 100 valence electrons. The molecule has 0 aliphatic carbocycles. The largest absolute Gasteiger partial charge is 0.161 e. The van der Waals surface area contributed by atoms with Crippen molar-refractivity contribution in [1.82, 2.24) is 0 Å². The van der Waals surface area contributed by atoms with Gasteiger partial charge in [0.15, 0.2) is 0 Å². The molecule has 0 atom stereocenters. The number of thioether (sulfide) groups is 2. The van der Waals surface area contributed by atoms with Gasteiger partial charge in [-0.2, -0.15) is 23.5 Å². The maximum Gasteiger partial charge on any atom is 0.0181 e.